The van der Waals surface area contributed by atoms with E-state index in [0.29, 0.717) is 6.04 Å². The number of fused-ring (bicyclic) bond motifs is 1. The molecule has 1 aromatic rings. The standard InChI is InChI=1S/C23H30N2O4/c1-4-22-10-7-12-24-13-11-23(20(22)24)16-8-5-6-9-17(16)25(21(27)29-3)18(23)15(14-22)19(26)28-2/h5-6,8-9,15,18,20H,4,7,10-14H2,1-3H3/t15-,18+,20+,22+,23+/m0/s1. The fraction of sp³-hybridized carbons (Fsp3) is 0.652. The van der Waals surface area contributed by atoms with Crippen molar-refractivity contribution >= 4 is 17.7 Å². The monoisotopic (exact) mass is 398 g/mol. The van der Waals surface area contributed by atoms with Crippen LogP contribution < -0.4 is 4.90 Å². The van der Waals surface area contributed by atoms with Crippen LogP contribution in [-0.2, 0) is 19.7 Å². The Morgan fingerprint density at radius 2 is 1.93 bits per heavy atom. The zero-order chi connectivity index (χ0) is 20.4. The van der Waals surface area contributed by atoms with E-state index in [1.165, 1.54) is 26.2 Å². The molecule has 5 rings (SSSR count). The van der Waals surface area contributed by atoms with Crippen molar-refractivity contribution in [3.8, 4) is 0 Å². The third-order valence-corrected chi connectivity index (χ3v) is 8.42. The van der Waals surface area contributed by atoms with Crippen LogP contribution in [0.1, 0.15) is 44.6 Å². The number of amides is 1. The van der Waals surface area contributed by atoms with Crippen LogP contribution in [0.15, 0.2) is 24.3 Å². The predicted octanol–water partition coefficient (Wildman–Crippen LogP) is 3.34. The third-order valence-electron chi connectivity index (χ3n) is 8.42. The summed E-state index contributed by atoms with van der Waals surface area (Å²) in [7, 11) is 2.88. The van der Waals surface area contributed by atoms with Crippen molar-refractivity contribution in [2.24, 2.45) is 11.3 Å². The van der Waals surface area contributed by atoms with Gasteiger partial charge in [-0.15, -0.1) is 0 Å². The molecular formula is C23H30N2O4. The highest BCUT2D eigenvalue weighted by atomic mass is 16.5. The van der Waals surface area contributed by atoms with E-state index >= 15 is 0 Å². The van der Waals surface area contributed by atoms with Crippen molar-refractivity contribution in [3.05, 3.63) is 29.8 Å². The molecule has 0 bridgehead atoms. The van der Waals surface area contributed by atoms with E-state index in [-0.39, 0.29) is 34.9 Å². The predicted molar refractivity (Wildman–Crippen MR) is 109 cm³/mol. The lowest BCUT2D eigenvalue weighted by atomic mass is 9.49. The highest BCUT2D eigenvalue weighted by Crippen LogP contribution is 2.66. The molecule has 3 fully saturated rings. The second-order valence-corrected chi connectivity index (χ2v) is 9.18. The van der Waals surface area contributed by atoms with E-state index in [1.807, 2.05) is 12.1 Å². The van der Waals surface area contributed by atoms with Crippen LogP contribution in [0.2, 0.25) is 0 Å². The molecule has 2 saturated heterocycles. The van der Waals surface area contributed by atoms with Gasteiger partial charge in [0.1, 0.15) is 0 Å². The van der Waals surface area contributed by atoms with Gasteiger partial charge >= 0.3 is 12.1 Å². The Morgan fingerprint density at radius 1 is 1.14 bits per heavy atom. The van der Waals surface area contributed by atoms with Gasteiger partial charge in [0.2, 0.25) is 0 Å². The minimum atomic E-state index is -0.383. The Balaban J connectivity index is 1.78. The molecule has 4 aliphatic rings. The maximum atomic E-state index is 13.1. The van der Waals surface area contributed by atoms with E-state index < -0.39 is 0 Å². The second-order valence-electron chi connectivity index (χ2n) is 9.18. The molecule has 1 aromatic carbocycles. The summed E-state index contributed by atoms with van der Waals surface area (Å²) in [5.74, 6) is -0.549. The molecule has 156 valence electrons. The van der Waals surface area contributed by atoms with Gasteiger partial charge in [-0.3, -0.25) is 14.6 Å². The van der Waals surface area contributed by atoms with Gasteiger partial charge in [0.15, 0.2) is 0 Å². The van der Waals surface area contributed by atoms with Crippen LogP contribution >= 0.6 is 0 Å². The molecule has 0 radical (unpaired) electrons. The molecule has 1 saturated carbocycles. The number of hydrogen-bond donors (Lipinski definition) is 0. The minimum Gasteiger partial charge on any atom is -0.469 e. The van der Waals surface area contributed by atoms with Crippen LogP contribution in [0.25, 0.3) is 0 Å². The third kappa shape index (κ3) is 2.21. The fourth-order valence-corrected chi connectivity index (χ4v) is 7.56. The summed E-state index contributed by atoms with van der Waals surface area (Å²) in [5, 5.41) is 0. The van der Waals surface area contributed by atoms with E-state index in [4.69, 9.17) is 9.47 Å². The molecule has 3 heterocycles. The van der Waals surface area contributed by atoms with Crippen molar-refractivity contribution in [1.29, 1.82) is 0 Å². The molecule has 1 aliphatic carbocycles. The molecule has 6 heteroatoms. The summed E-state index contributed by atoms with van der Waals surface area (Å²) in [6, 6.07) is 8.29. The van der Waals surface area contributed by atoms with Crippen molar-refractivity contribution in [2.45, 2.75) is 56.5 Å². The van der Waals surface area contributed by atoms with Crippen LogP contribution in [0, 0.1) is 11.3 Å². The first-order chi connectivity index (χ1) is 14.0. The highest BCUT2D eigenvalue weighted by Gasteiger charge is 2.72. The number of ether oxygens (including phenoxy) is 2. The van der Waals surface area contributed by atoms with E-state index in [2.05, 4.69) is 24.0 Å². The van der Waals surface area contributed by atoms with Crippen molar-refractivity contribution in [1.82, 2.24) is 4.90 Å². The first-order valence-electron chi connectivity index (χ1n) is 10.8. The lowest BCUT2D eigenvalue weighted by Gasteiger charge is -2.60. The van der Waals surface area contributed by atoms with Gasteiger partial charge in [0.05, 0.1) is 31.9 Å². The van der Waals surface area contributed by atoms with Gasteiger partial charge in [-0.1, -0.05) is 25.1 Å². The molecular weight excluding hydrogens is 368 g/mol. The SMILES string of the molecule is CC[C@@]12CCCN3CC[C@]4(c5ccccc5N(C(=O)OC)[C@@H]4[C@@H](C(=O)OC)C1)[C@H]32. The summed E-state index contributed by atoms with van der Waals surface area (Å²) < 4.78 is 10.5. The Morgan fingerprint density at radius 3 is 2.66 bits per heavy atom. The molecule has 0 unspecified atom stereocenters. The van der Waals surface area contributed by atoms with E-state index in [1.54, 1.807) is 4.90 Å². The minimum absolute atomic E-state index is 0.0728. The first-order valence-corrected chi connectivity index (χ1v) is 10.8. The zero-order valence-corrected chi connectivity index (χ0v) is 17.5. The molecule has 3 aliphatic heterocycles. The topological polar surface area (TPSA) is 59.1 Å². The van der Waals surface area contributed by atoms with Crippen LogP contribution in [-0.4, -0.2) is 56.4 Å². The maximum Gasteiger partial charge on any atom is 0.414 e. The van der Waals surface area contributed by atoms with Crippen molar-refractivity contribution in [3.63, 3.8) is 0 Å². The number of esters is 1. The van der Waals surface area contributed by atoms with Gasteiger partial charge in [-0.2, -0.15) is 0 Å². The molecule has 0 N–H and O–H groups in total. The number of carbonyl (C=O) groups is 2. The molecule has 0 aromatic heterocycles. The lowest BCUT2D eigenvalue weighted by molar-refractivity contribution is -0.154. The highest BCUT2D eigenvalue weighted by molar-refractivity contribution is 5.94. The summed E-state index contributed by atoms with van der Waals surface area (Å²) in [5.41, 5.74) is 1.93. The number of carbonyl (C=O) groups excluding carboxylic acids is 2. The van der Waals surface area contributed by atoms with Gasteiger partial charge in [0, 0.05) is 11.5 Å². The molecule has 1 amide bonds. The normalized spacial score (nSPS) is 37.5. The number of methoxy groups -OCH3 is 2. The molecule has 29 heavy (non-hydrogen) atoms. The summed E-state index contributed by atoms with van der Waals surface area (Å²) in [6.45, 7) is 4.38. The number of nitrogens with zero attached hydrogens (tertiary/aromatic N) is 2. The fourth-order valence-electron chi connectivity index (χ4n) is 7.56. The number of para-hydroxylation sites is 1. The van der Waals surface area contributed by atoms with E-state index in [9.17, 15) is 9.59 Å². The van der Waals surface area contributed by atoms with E-state index in [0.717, 1.165) is 44.5 Å². The smallest absolute Gasteiger partial charge is 0.414 e. The van der Waals surface area contributed by atoms with Gasteiger partial charge < -0.3 is 9.47 Å². The quantitative estimate of drug-likeness (QED) is 0.715. The summed E-state index contributed by atoms with van der Waals surface area (Å²) in [4.78, 5) is 30.5. The Hall–Kier alpha value is -2.08. The number of hydrogen-bond acceptors (Lipinski definition) is 5. The van der Waals surface area contributed by atoms with Crippen molar-refractivity contribution < 1.29 is 19.1 Å². The van der Waals surface area contributed by atoms with Crippen LogP contribution in [0.4, 0.5) is 10.5 Å². The maximum absolute atomic E-state index is 13.1. The lowest BCUT2D eigenvalue weighted by Crippen LogP contribution is -2.69. The first kappa shape index (κ1) is 18.9. The van der Waals surface area contributed by atoms with Crippen LogP contribution in [0.5, 0.6) is 0 Å². The molecule has 5 atom stereocenters. The number of rotatable bonds is 2. The average molecular weight is 399 g/mol. The number of benzene rings is 1. The number of piperidine rings is 1. The van der Waals surface area contributed by atoms with Crippen LogP contribution in [0.3, 0.4) is 0 Å². The summed E-state index contributed by atoms with van der Waals surface area (Å²) >= 11 is 0. The zero-order valence-electron chi connectivity index (χ0n) is 17.5. The Labute approximate surface area is 172 Å². The van der Waals surface area contributed by atoms with Crippen molar-refractivity contribution in [2.75, 3.05) is 32.2 Å². The Bertz CT molecular complexity index is 857. The van der Waals surface area contributed by atoms with Gasteiger partial charge in [-0.25, -0.2) is 4.79 Å². The van der Waals surface area contributed by atoms with Gasteiger partial charge in [0.25, 0.3) is 0 Å². The molecule has 6 nitrogen and oxygen atoms in total. The largest absolute Gasteiger partial charge is 0.469 e. The summed E-state index contributed by atoms with van der Waals surface area (Å²) in [6.07, 6.45) is 4.68. The molecule has 1 spiro atoms. The second kappa shape index (κ2) is 6.46. The Kier molecular flexibility index (Phi) is 4.21. The van der Waals surface area contributed by atoms with Gasteiger partial charge in [-0.05, 0) is 62.2 Å². The average Bonchev–Trinajstić information content (AvgIpc) is 3.30. The number of anilines is 1.